The molecule has 0 unspecified atom stereocenters. The molecule has 1 fully saturated rings. The molecule has 0 amide bonds. The Balaban J connectivity index is 1.58. The van der Waals surface area contributed by atoms with Gasteiger partial charge in [0.15, 0.2) is 0 Å². The lowest BCUT2D eigenvalue weighted by atomic mass is 10.2. The topological polar surface area (TPSA) is 60.6 Å². The summed E-state index contributed by atoms with van der Waals surface area (Å²) in [5.74, 6) is 2.78. The Morgan fingerprint density at radius 1 is 1.35 bits per heavy atom. The summed E-state index contributed by atoms with van der Waals surface area (Å²) in [6.07, 6.45) is 6.32. The van der Waals surface area contributed by atoms with Crippen LogP contribution in [-0.2, 0) is 13.6 Å². The van der Waals surface area contributed by atoms with Crippen LogP contribution < -0.4 is 5.32 Å². The Kier molecular flexibility index (Phi) is 3.56. The van der Waals surface area contributed by atoms with Gasteiger partial charge in [0.25, 0.3) is 0 Å². The third kappa shape index (κ3) is 2.60. The Morgan fingerprint density at radius 3 is 2.80 bits per heavy atom. The van der Waals surface area contributed by atoms with Crippen molar-refractivity contribution < 1.29 is 0 Å². The maximum atomic E-state index is 4.31. The van der Waals surface area contributed by atoms with Gasteiger partial charge in [0.2, 0.25) is 0 Å². The number of nitrogens with zero attached hydrogens (tertiary/aromatic N) is 5. The van der Waals surface area contributed by atoms with Crippen molar-refractivity contribution in [1.29, 1.82) is 0 Å². The summed E-state index contributed by atoms with van der Waals surface area (Å²) in [6, 6.07) is 2.57. The minimum Gasteiger partial charge on any atom is -0.317 e. The Hall–Kier alpha value is -1.69. The molecule has 0 saturated heterocycles. The van der Waals surface area contributed by atoms with E-state index in [1.54, 1.807) is 0 Å². The van der Waals surface area contributed by atoms with Gasteiger partial charge in [-0.2, -0.15) is 5.10 Å². The van der Waals surface area contributed by atoms with Crippen molar-refractivity contribution in [2.75, 3.05) is 0 Å². The molecule has 2 aromatic rings. The van der Waals surface area contributed by atoms with Crippen LogP contribution >= 0.6 is 0 Å². The number of nitrogens with one attached hydrogen (secondary N) is 1. The van der Waals surface area contributed by atoms with Crippen LogP contribution in [0.2, 0.25) is 0 Å². The van der Waals surface area contributed by atoms with E-state index in [-0.39, 0.29) is 0 Å². The molecule has 1 aliphatic carbocycles. The van der Waals surface area contributed by atoms with Crippen molar-refractivity contribution in [3.05, 3.63) is 30.1 Å². The largest absolute Gasteiger partial charge is 0.317 e. The van der Waals surface area contributed by atoms with Crippen molar-refractivity contribution in [2.45, 2.75) is 51.2 Å². The molecular weight excluding hydrogens is 252 g/mol. The van der Waals surface area contributed by atoms with Gasteiger partial charge in [-0.05, 0) is 32.8 Å². The van der Waals surface area contributed by atoms with Crippen molar-refractivity contribution in [3.63, 3.8) is 0 Å². The molecule has 0 spiro atoms. The highest BCUT2D eigenvalue weighted by Crippen LogP contribution is 2.38. The van der Waals surface area contributed by atoms with Crippen LogP contribution in [0, 0.1) is 0 Å². The van der Waals surface area contributed by atoms with Gasteiger partial charge in [0.05, 0.1) is 12.6 Å². The number of rotatable bonds is 6. The normalized spacial score (nSPS) is 18.1. The molecule has 6 nitrogen and oxygen atoms in total. The summed E-state index contributed by atoms with van der Waals surface area (Å²) in [7, 11) is 2.06. The molecule has 2 heterocycles. The molecule has 2 aromatic heterocycles. The maximum absolute atomic E-state index is 4.31. The summed E-state index contributed by atoms with van der Waals surface area (Å²) in [5.41, 5.74) is 0. The highest BCUT2D eigenvalue weighted by Gasteiger charge is 2.29. The van der Waals surface area contributed by atoms with E-state index in [1.807, 2.05) is 23.1 Å². The predicted octanol–water partition coefficient (Wildman–Crippen LogP) is 1.63. The second kappa shape index (κ2) is 5.36. The van der Waals surface area contributed by atoms with Crippen LogP contribution in [0.5, 0.6) is 0 Å². The SMILES string of the molecule is C[C@@H](NCc1nnc(C2CC2)n1C)[C@H](C)n1cccn1. The maximum Gasteiger partial charge on any atom is 0.146 e. The third-order valence-electron chi connectivity index (χ3n) is 4.19. The highest BCUT2D eigenvalue weighted by molar-refractivity contribution is 5.07. The van der Waals surface area contributed by atoms with Gasteiger partial charge in [0, 0.05) is 31.4 Å². The van der Waals surface area contributed by atoms with Gasteiger partial charge in [-0.15, -0.1) is 10.2 Å². The van der Waals surface area contributed by atoms with Crippen molar-refractivity contribution in [2.24, 2.45) is 7.05 Å². The smallest absolute Gasteiger partial charge is 0.146 e. The molecule has 0 aromatic carbocycles. The zero-order valence-corrected chi connectivity index (χ0v) is 12.3. The van der Waals surface area contributed by atoms with Crippen LogP contribution in [0.1, 0.15) is 50.3 Å². The lowest BCUT2D eigenvalue weighted by Crippen LogP contribution is -2.34. The van der Waals surface area contributed by atoms with Crippen LogP contribution in [0.4, 0.5) is 0 Å². The molecule has 1 aliphatic rings. The van der Waals surface area contributed by atoms with E-state index >= 15 is 0 Å². The first-order chi connectivity index (χ1) is 9.66. The fraction of sp³-hybridized carbons (Fsp3) is 0.643. The van der Waals surface area contributed by atoms with Gasteiger partial charge in [-0.3, -0.25) is 4.68 Å². The average Bonchev–Trinajstić information content (AvgIpc) is 3.01. The minimum absolute atomic E-state index is 0.307. The van der Waals surface area contributed by atoms with E-state index in [1.165, 1.54) is 12.8 Å². The van der Waals surface area contributed by atoms with E-state index in [4.69, 9.17) is 0 Å². The molecule has 20 heavy (non-hydrogen) atoms. The second-order valence-corrected chi connectivity index (χ2v) is 5.70. The number of hydrogen-bond acceptors (Lipinski definition) is 4. The van der Waals surface area contributed by atoms with Crippen molar-refractivity contribution in [1.82, 2.24) is 29.9 Å². The summed E-state index contributed by atoms with van der Waals surface area (Å²) in [5, 5.41) is 16.4. The zero-order valence-electron chi connectivity index (χ0n) is 12.3. The molecule has 0 aliphatic heterocycles. The summed E-state index contributed by atoms with van der Waals surface area (Å²) in [6.45, 7) is 5.07. The van der Waals surface area contributed by atoms with Crippen LogP contribution in [0.25, 0.3) is 0 Å². The first kappa shape index (κ1) is 13.3. The van der Waals surface area contributed by atoms with E-state index in [9.17, 15) is 0 Å². The zero-order chi connectivity index (χ0) is 14.1. The minimum atomic E-state index is 0.307. The molecule has 6 heteroatoms. The Bertz CT molecular complexity index is 554. The summed E-state index contributed by atoms with van der Waals surface area (Å²) >= 11 is 0. The van der Waals surface area contributed by atoms with E-state index < -0.39 is 0 Å². The fourth-order valence-corrected chi connectivity index (χ4v) is 2.40. The third-order valence-corrected chi connectivity index (χ3v) is 4.19. The van der Waals surface area contributed by atoms with Crippen LogP contribution in [-0.4, -0.2) is 30.6 Å². The van der Waals surface area contributed by atoms with Gasteiger partial charge in [0.1, 0.15) is 11.6 Å². The van der Waals surface area contributed by atoms with Gasteiger partial charge in [-0.1, -0.05) is 0 Å². The molecular formula is C14H22N6. The van der Waals surface area contributed by atoms with Crippen molar-refractivity contribution in [3.8, 4) is 0 Å². The standard InChI is InChI=1S/C14H22N6/c1-10(11(2)20-8-4-7-16-20)15-9-13-17-18-14(19(13)3)12-5-6-12/h4,7-8,10-12,15H,5-6,9H2,1-3H3/t10-,11+/m1/s1. The van der Waals surface area contributed by atoms with Crippen LogP contribution in [0.3, 0.4) is 0 Å². The molecule has 1 N–H and O–H groups in total. The van der Waals surface area contributed by atoms with Crippen molar-refractivity contribution >= 4 is 0 Å². The Labute approximate surface area is 119 Å². The highest BCUT2D eigenvalue weighted by atomic mass is 15.3. The molecule has 0 bridgehead atoms. The number of aromatic nitrogens is 5. The molecule has 1 saturated carbocycles. The van der Waals surface area contributed by atoms with E-state index in [0.29, 0.717) is 18.0 Å². The van der Waals surface area contributed by atoms with Gasteiger partial charge < -0.3 is 9.88 Å². The summed E-state index contributed by atoms with van der Waals surface area (Å²) in [4.78, 5) is 0. The quantitative estimate of drug-likeness (QED) is 0.869. The average molecular weight is 274 g/mol. The lowest BCUT2D eigenvalue weighted by molar-refractivity contribution is 0.360. The second-order valence-electron chi connectivity index (χ2n) is 5.70. The Morgan fingerprint density at radius 2 is 2.15 bits per heavy atom. The van der Waals surface area contributed by atoms with E-state index in [2.05, 4.69) is 46.1 Å². The lowest BCUT2D eigenvalue weighted by Gasteiger charge is -2.21. The summed E-state index contributed by atoms with van der Waals surface area (Å²) < 4.78 is 4.11. The molecule has 108 valence electrons. The monoisotopic (exact) mass is 274 g/mol. The van der Waals surface area contributed by atoms with E-state index in [0.717, 1.165) is 18.2 Å². The predicted molar refractivity (Wildman–Crippen MR) is 76.2 cm³/mol. The fourth-order valence-electron chi connectivity index (χ4n) is 2.40. The molecule has 0 radical (unpaired) electrons. The first-order valence-electron chi connectivity index (χ1n) is 7.27. The van der Waals surface area contributed by atoms with Gasteiger partial charge >= 0.3 is 0 Å². The molecule has 3 rings (SSSR count). The molecule has 2 atom stereocenters. The van der Waals surface area contributed by atoms with Crippen LogP contribution in [0.15, 0.2) is 18.5 Å². The number of hydrogen-bond donors (Lipinski definition) is 1. The van der Waals surface area contributed by atoms with Gasteiger partial charge in [-0.25, -0.2) is 0 Å². The first-order valence-corrected chi connectivity index (χ1v) is 7.27.